The lowest BCUT2D eigenvalue weighted by Gasteiger charge is -1.96. The quantitative estimate of drug-likeness (QED) is 0.623. The van der Waals surface area contributed by atoms with Gasteiger partial charge in [0.2, 0.25) is 0 Å². The molecule has 0 fully saturated rings. The minimum absolute atomic E-state index is 0.0722. The molecule has 2 rings (SSSR count). The van der Waals surface area contributed by atoms with Gasteiger partial charge in [-0.05, 0) is 18.2 Å². The fourth-order valence-electron chi connectivity index (χ4n) is 1.57. The van der Waals surface area contributed by atoms with Crippen molar-refractivity contribution in [2.24, 2.45) is 0 Å². The Labute approximate surface area is 115 Å². The average molecular weight is 272 g/mol. The molecule has 0 spiro atoms. The van der Waals surface area contributed by atoms with Gasteiger partial charge in [0.15, 0.2) is 10.5 Å². The Balaban J connectivity index is 2.14. The van der Waals surface area contributed by atoms with Crippen LogP contribution < -0.4 is 5.43 Å². The van der Waals surface area contributed by atoms with Gasteiger partial charge in [-0.3, -0.25) is 9.59 Å². The minimum atomic E-state index is -0.0722. The van der Waals surface area contributed by atoms with Crippen molar-refractivity contribution in [2.75, 3.05) is 5.75 Å². The largest absolute Gasteiger partial charge is 0.464 e. The van der Waals surface area contributed by atoms with Crippen LogP contribution in [0.2, 0.25) is 0 Å². The molecule has 0 unspecified atom stereocenters. The van der Waals surface area contributed by atoms with Crippen LogP contribution in [0.25, 0.3) is 11.0 Å². The van der Waals surface area contributed by atoms with Crippen molar-refractivity contribution in [1.82, 2.24) is 0 Å². The van der Waals surface area contributed by atoms with Gasteiger partial charge in [0.25, 0.3) is 0 Å². The van der Waals surface area contributed by atoms with E-state index in [1.807, 2.05) is 6.07 Å². The van der Waals surface area contributed by atoms with Gasteiger partial charge >= 0.3 is 0 Å². The lowest BCUT2D eigenvalue weighted by atomic mass is 10.1. The summed E-state index contributed by atoms with van der Waals surface area (Å²) in [6.07, 6.45) is 2.03. The van der Waals surface area contributed by atoms with Crippen LogP contribution in [0.15, 0.2) is 39.7 Å². The van der Waals surface area contributed by atoms with E-state index in [1.165, 1.54) is 24.1 Å². The van der Waals surface area contributed by atoms with E-state index in [9.17, 15) is 9.59 Å². The van der Waals surface area contributed by atoms with Crippen molar-refractivity contribution < 1.29 is 9.21 Å². The van der Waals surface area contributed by atoms with Gasteiger partial charge in [-0.15, -0.1) is 0 Å². The molecule has 19 heavy (non-hydrogen) atoms. The molecular formula is C15H12O3S. The van der Waals surface area contributed by atoms with E-state index in [0.29, 0.717) is 23.1 Å². The summed E-state index contributed by atoms with van der Waals surface area (Å²) in [4.78, 5) is 22.4. The standard InChI is InChI=1S/C15H12O3S/c1-11(16)19-9-3-2-4-12-5-6-15-13(10-12)14(17)7-8-18-15/h5-8,10H,3,9H2,1H3. The lowest BCUT2D eigenvalue weighted by Crippen LogP contribution is -1.97. The summed E-state index contributed by atoms with van der Waals surface area (Å²) in [6.45, 7) is 1.54. The summed E-state index contributed by atoms with van der Waals surface area (Å²) in [5, 5.41) is 0.637. The zero-order valence-electron chi connectivity index (χ0n) is 10.4. The first-order valence-electron chi connectivity index (χ1n) is 5.80. The van der Waals surface area contributed by atoms with Crippen LogP contribution in [0.1, 0.15) is 18.9 Å². The third-order valence-electron chi connectivity index (χ3n) is 2.42. The van der Waals surface area contributed by atoms with Gasteiger partial charge < -0.3 is 4.42 Å². The summed E-state index contributed by atoms with van der Waals surface area (Å²) < 4.78 is 5.23. The smallest absolute Gasteiger partial charge is 0.192 e. The zero-order chi connectivity index (χ0) is 13.7. The fraction of sp³-hybridized carbons (Fsp3) is 0.200. The monoisotopic (exact) mass is 272 g/mol. The zero-order valence-corrected chi connectivity index (χ0v) is 11.3. The summed E-state index contributed by atoms with van der Waals surface area (Å²) in [5.74, 6) is 6.66. The van der Waals surface area contributed by atoms with E-state index in [0.717, 1.165) is 5.56 Å². The van der Waals surface area contributed by atoms with Crippen molar-refractivity contribution in [1.29, 1.82) is 0 Å². The van der Waals surface area contributed by atoms with E-state index in [4.69, 9.17) is 4.42 Å². The molecule has 0 aliphatic rings. The molecule has 0 aliphatic heterocycles. The Morgan fingerprint density at radius 3 is 3.00 bits per heavy atom. The topological polar surface area (TPSA) is 47.3 Å². The van der Waals surface area contributed by atoms with Gasteiger partial charge in [-0.25, -0.2) is 0 Å². The summed E-state index contributed by atoms with van der Waals surface area (Å²) in [5.41, 5.74) is 1.26. The molecule has 3 nitrogen and oxygen atoms in total. The Bertz CT molecular complexity index is 719. The Morgan fingerprint density at radius 2 is 2.21 bits per heavy atom. The molecular weight excluding hydrogens is 260 g/mol. The van der Waals surface area contributed by atoms with Crippen molar-refractivity contribution in [3.63, 3.8) is 0 Å². The molecule has 0 radical (unpaired) electrons. The van der Waals surface area contributed by atoms with Crippen LogP contribution in [0, 0.1) is 11.8 Å². The van der Waals surface area contributed by atoms with Gasteiger partial charge in [-0.1, -0.05) is 23.6 Å². The highest BCUT2D eigenvalue weighted by Gasteiger charge is 1.99. The molecule has 0 amide bonds. The Kier molecular flexibility index (Phi) is 4.43. The molecule has 0 atom stereocenters. The van der Waals surface area contributed by atoms with Gasteiger partial charge in [0.05, 0.1) is 11.6 Å². The SMILES string of the molecule is CC(=O)SCCC#Cc1ccc2occc(=O)c2c1. The first-order chi connectivity index (χ1) is 9.16. The predicted molar refractivity (Wildman–Crippen MR) is 77.1 cm³/mol. The first kappa shape index (κ1) is 13.4. The molecule has 1 aromatic carbocycles. The molecule has 0 saturated heterocycles. The van der Waals surface area contributed by atoms with E-state index in [2.05, 4.69) is 11.8 Å². The molecule has 0 N–H and O–H groups in total. The highest BCUT2D eigenvalue weighted by molar-refractivity contribution is 8.13. The number of hydrogen-bond donors (Lipinski definition) is 0. The second-order valence-electron chi connectivity index (χ2n) is 3.89. The van der Waals surface area contributed by atoms with Crippen molar-refractivity contribution in [2.45, 2.75) is 13.3 Å². The summed E-state index contributed by atoms with van der Waals surface area (Å²) in [6, 6.07) is 6.68. The normalized spacial score (nSPS) is 9.95. The van der Waals surface area contributed by atoms with Crippen LogP contribution in [0.5, 0.6) is 0 Å². The molecule has 96 valence electrons. The number of benzene rings is 1. The van der Waals surface area contributed by atoms with E-state index in [-0.39, 0.29) is 10.5 Å². The number of fused-ring (bicyclic) bond motifs is 1. The van der Waals surface area contributed by atoms with E-state index < -0.39 is 0 Å². The van der Waals surface area contributed by atoms with Gasteiger partial charge in [-0.2, -0.15) is 0 Å². The number of rotatable bonds is 2. The second-order valence-corrected chi connectivity index (χ2v) is 5.16. The molecule has 1 aromatic heterocycles. The number of carbonyl (C=O) groups is 1. The van der Waals surface area contributed by atoms with Crippen molar-refractivity contribution in [3.8, 4) is 11.8 Å². The third kappa shape index (κ3) is 3.73. The van der Waals surface area contributed by atoms with Gasteiger partial charge in [0.1, 0.15) is 5.58 Å². The molecule has 0 saturated carbocycles. The lowest BCUT2D eigenvalue weighted by molar-refractivity contribution is -0.109. The molecule has 4 heteroatoms. The molecule has 0 aliphatic carbocycles. The van der Waals surface area contributed by atoms with Crippen LogP contribution in [0.4, 0.5) is 0 Å². The number of carbonyl (C=O) groups excluding carboxylic acids is 1. The highest BCUT2D eigenvalue weighted by Crippen LogP contribution is 2.11. The molecule has 2 aromatic rings. The summed E-state index contributed by atoms with van der Waals surface area (Å²) in [7, 11) is 0. The Hall–Kier alpha value is -1.99. The second kappa shape index (κ2) is 6.26. The number of thioether (sulfide) groups is 1. The highest BCUT2D eigenvalue weighted by atomic mass is 32.2. The van der Waals surface area contributed by atoms with Crippen molar-refractivity contribution in [3.05, 3.63) is 46.3 Å². The molecule has 1 heterocycles. The van der Waals surface area contributed by atoms with E-state index in [1.54, 1.807) is 19.1 Å². The minimum Gasteiger partial charge on any atom is -0.464 e. The third-order valence-corrected chi connectivity index (χ3v) is 3.24. The Morgan fingerprint density at radius 1 is 1.37 bits per heavy atom. The average Bonchev–Trinajstić information content (AvgIpc) is 2.39. The maximum absolute atomic E-state index is 11.6. The number of hydrogen-bond acceptors (Lipinski definition) is 4. The van der Waals surface area contributed by atoms with Crippen LogP contribution in [-0.4, -0.2) is 10.9 Å². The van der Waals surface area contributed by atoms with Crippen LogP contribution in [-0.2, 0) is 4.79 Å². The van der Waals surface area contributed by atoms with Crippen molar-refractivity contribution >= 4 is 27.8 Å². The predicted octanol–water partition coefficient (Wildman–Crippen LogP) is 2.81. The maximum Gasteiger partial charge on any atom is 0.192 e. The first-order valence-corrected chi connectivity index (χ1v) is 6.79. The van der Waals surface area contributed by atoms with Gasteiger partial charge in [0, 0.05) is 30.7 Å². The fourth-order valence-corrected chi connectivity index (χ4v) is 2.06. The van der Waals surface area contributed by atoms with Crippen LogP contribution in [0.3, 0.4) is 0 Å². The maximum atomic E-state index is 11.6. The van der Waals surface area contributed by atoms with Crippen LogP contribution >= 0.6 is 11.8 Å². The summed E-state index contributed by atoms with van der Waals surface area (Å²) >= 11 is 1.27. The molecule has 0 bridgehead atoms. The van der Waals surface area contributed by atoms with E-state index >= 15 is 0 Å².